The first kappa shape index (κ1) is 20.3. The summed E-state index contributed by atoms with van der Waals surface area (Å²) in [6.07, 6.45) is 4.33. The van der Waals surface area contributed by atoms with E-state index in [-0.39, 0.29) is 5.91 Å². The number of ether oxygens (including phenoxy) is 2. The van der Waals surface area contributed by atoms with E-state index < -0.39 is 5.82 Å². The SMILES string of the molecule is CNc1cc(Nc2cc(F)cc3c2OCCO3)nc2c(NC(=O)CC3CCC3C)cnn12. The van der Waals surface area contributed by atoms with Crippen LogP contribution in [0.25, 0.3) is 5.65 Å². The number of nitrogens with zero attached hydrogens (tertiary/aromatic N) is 3. The molecule has 2 unspecified atom stereocenters. The zero-order valence-corrected chi connectivity index (χ0v) is 17.9. The third-order valence-corrected chi connectivity index (χ3v) is 6.12. The summed E-state index contributed by atoms with van der Waals surface area (Å²) in [4.78, 5) is 17.2. The Labute approximate surface area is 184 Å². The van der Waals surface area contributed by atoms with Gasteiger partial charge < -0.3 is 25.4 Å². The van der Waals surface area contributed by atoms with Crippen molar-refractivity contribution in [2.45, 2.75) is 26.2 Å². The van der Waals surface area contributed by atoms with Gasteiger partial charge in [-0.05, 0) is 18.3 Å². The molecule has 1 amide bonds. The predicted molar refractivity (Wildman–Crippen MR) is 118 cm³/mol. The molecule has 5 rings (SSSR count). The van der Waals surface area contributed by atoms with Gasteiger partial charge in [-0.1, -0.05) is 13.3 Å². The molecule has 1 aliphatic carbocycles. The Morgan fingerprint density at radius 3 is 2.81 bits per heavy atom. The Balaban J connectivity index is 1.45. The Bertz CT molecular complexity index is 1180. The standard InChI is InChI=1S/C22H25FN6O3/c1-12-3-4-13(12)7-20(30)27-16-11-25-29-19(24-2)10-18(28-22(16)29)26-15-8-14(23)9-17-21(15)32-6-5-31-17/h8-13,24H,3-7H2,1-2H3,(H,26,28)(H,27,30). The maximum Gasteiger partial charge on any atom is 0.224 e. The van der Waals surface area contributed by atoms with Crippen molar-refractivity contribution in [3.63, 3.8) is 0 Å². The number of amides is 1. The van der Waals surface area contributed by atoms with Crippen molar-refractivity contribution in [2.24, 2.45) is 11.8 Å². The summed E-state index contributed by atoms with van der Waals surface area (Å²) in [6.45, 7) is 2.91. The smallest absolute Gasteiger partial charge is 0.224 e. The summed E-state index contributed by atoms with van der Waals surface area (Å²) in [7, 11) is 1.76. The number of benzene rings is 1. The first-order chi connectivity index (χ1) is 15.5. The van der Waals surface area contributed by atoms with Crippen LogP contribution in [0.15, 0.2) is 24.4 Å². The van der Waals surface area contributed by atoms with Crippen molar-refractivity contribution < 1.29 is 18.7 Å². The van der Waals surface area contributed by atoms with Gasteiger partial charge in [0, 0.05) is 31.7 Å². The van der Waals surface area contributed by atoms with E-state index in [0.717, 1.165) is 6.42 Å². The number of hydrogen-bond acceptors (Lipinski definition) is 7. The Morgan fingerprint density at radius 1 is 1.22 bits per heavy atom. The van der Waals surface area contributed by atoms with E-state index in [0.29, 0.717) is 71.6 Å². The zero-order chi connectivity index (χ0) is 22.2. The van der Waals surface area contributed by atoms with Crippen molar-refractivity contribution >= 4 is 34.6 Å². The Kier molecular flexibility index (Phi) is 5.20. The molecule has 1 fully saturated rings. The first-order valence-corrected chi connectivity index (χ1v) is 10.7. The van der Waals surface area contributed by atoms with E-state index in [2.05, 4.69) is 33.0 Å². The molecule has 1 aromatic carbocycles. The number of nitrogens with one attached hydrogen (secondary N) is 3. The highest BCUT2D eigenvalue weighted by molar-refractivity contribution is 5.94. The molecule has 2 atom stereocenters. The van der Waals surface area contributed by atoms with Gasteiger partial charge in [-0.25, -0.2) is 9.37 Å². The first-order valence-electron chi connectivity index (χ1n) is 10.7. The average molecular weight is 440 g/mol. The molecule has 2 aromatic heterocycles. The molecule has 3 N–H and O–H groups in total. The molecule has 0 saturated heterocycles. The lowest BCUT2D eigenvalue weighted by molar-refractivity contribution is -0.118. The van der Waals surface area contributed by atoms with E-state index in [1.54, 1.807) is 23.8 Å². The number of fused-ring (bicyclic) bond motifs is 2. The van der Waals surface area contributed by atoms with Crippen LogP contribution in [-0.2, 0) is 4.79 Å². The van der Waals surface area contributed by atoms with Gasteiger partial charge in [0.2, 0.25) is 5.91 Å². The fourth-order valence-electron chi connectivity index (χ4n) is 4.12. The van der Waals surface area contributed by atoms with E-state index in [1.165, 1.54) is 18.6 Å². The molecule has 1 saturated carbocycles. The maximum atomic E-state index is 14.1. The Hall–Kier alpha value is -3.56. The third kappa shape index (κ3) is 3.76. The minimum atomic E-state index is -0.450. The van der Waals surface area contributed by atoms with Crippen LogP contribution in [0.2, 0.25) is 0 Å². The van der Waals surface area contributed by atoms with Crippen LogP contribution < -0.4 is 25.4 Å². The fraction of sp³-hybridized carbons (Fsp3) is 0.409. The van der Waals surface area contributed by atoms with Gasteiger partial charge in [0.1, 0.15) is 36.4 Å². The van der Waals surface area contributed by atoms with Crippen LogP contribution in [0.4, 0.5) is 27.4 Å². The predicted octanol–water partition coefficient (Wildman–Crippen LogP) is 3.80. The van der Waals surface area contributed by atoms with Crippen molar-refractivity contribution in [2.75, 3.05) is 36.2 Å². The van der Waals surface area contributed by atoms with Gasteiger partial charge in [0.05, 0.1) is 11.9 Å². The number of rotatable bonds is 6. The molecule has 3 heterocycles. The second-order valence-electron chi connectivity index (χ2n) is 8.24. The highest BCUT2D eigenvalue weighted by Crippen LogP contribution is 2.40. The molecule has 168 valence electrons. The van der Waals surface area contributed by atoms with E-state index >= 15 is 0 Å². The van der Waals surface area contributed by atoms with Crippen LogP contribution >= 0.6 is 0 Å². The van der Waals surface area contributed by atoms with Crippen molar-refractivity contribution in [3.05, 3.63) is 30.2 Å². The van der Waals surface area contributed by atoms with E-state index in [4.69, 9.17) is 9.47 Å². The molecule has 0 bridgehead atoms. The number of halogens is 1. The summed E-state index contributed by atoms with van der Waals surface area (Å²) in [5.41, 5.74) is 1.39. The number of carbonyl (C=O) groups is 1. The van der Waals surface area contributed by atoms with Crippen LogP contribution in [0.1, 0.15) is 26.2 Å². The number of hydrogen-bond donors (Lipinski definition) is 3. The molecular formula is C22H25FN6O3. The number of anilines is 4. The summed E-state index contributed by atoms with van der Waals surface area (Å²) >= 11 is 0. The molecule has 2 aliphatic rings. The van der Waals surface area contributed by atoms with Gasteiger partial charge in [0.15, 0.2) is 17.1 Å². The van der Waals surface area contributed by atoms with Crippen molar-refractivity contribution in [3.8, 4) is 11.5 Å². The molecular weight excluding hydrogens is 415 g/mol. The third-order valence-electron chi connectivity index (χ3n) is 6.12. The maximum absolute atomic E-state index is 14.1. The van der Waals surface area contributed by atoms with Gasteiger partial charge in [-0.15, -0.1) is 0 Å². The molecule has 0 spiro atoms. The average Bonchev–Trinajstić information content (AvgIpc) is 3.18. The monoisotopic (exact) mass is 440 g/mol. The second-order valence-corrected chi connectivity index (χ2v) is 8.24. The summed E-state index contributed by atoms with van der Waals surface area (Å²) in [5, 5.41) is 13.5. The van der Waals surface area contributed by atoms with Crippen LogP contribution in [-0.4, -0.2) is 40.8 Å². The minimum absolute atomic E-state index is 0.0487. The van der Waals surface area contributed by atoms with E-state index in [1.807, 2.05) is 0 Å². The van der Waals surface area contributed by atoms with Crippen molar-refractivity contribution in [1.29, 1.82) is 0 Å². The highest BCUT2D eigenvalue weighted by atomic mass is 19.1. The summed E-state index contributed by atoms with van der Waals surface area (Å²) in [5.74, 6) is 2.37. The topological polar surface area (TPSA) is 102 Å². The van der Waals surface area contributed by atoms with E-state index in [9.17, 15) is 9.18 Å². The van der Waals surface area contributed by atoms with Gasteiger partial charge in [0.25, 0.3) is 0 Å². The molecule has 9 nitrogen and oxygen atoms in total. The molecule has 3 aromatic rings. The van der Waals surface area contributed by atoms with Crippen LogP contribution in [0.3, 0.4) is 0 Å². The Morgan fingerprint density at radius 2 is 2.06 bits per heavy atom. The lowest BCUT2D eigenvalue weighted by Crippen LogP contribution is -2.28. The van der Waals surface area contributed by atoms with Gasteiger partial charge in [-0.3, -0.25) is 4.79 Å². The molecule has 32 heavy (non-hydrogen) atoms. The molecule has 10 heteroatoms. The lowest BCUT2D eigenvalue weighted by atomic mass is 9.73. The van der Waals surface area contributed by atoms with Crippen molar-refractivity contribution in [1.82, 2.24) is 14.6 Å². The number of carbonyl (C=O) groups excluding carboxylic acids is 1. The minimum Gasteiger partial charge on any atom is -0.486 e. The second kappa shape index (κ2) is 8.18. The number of aromatic nitrogens is 3. The van der Waals surface area contributed by atoms with Gasteiger partial charge >= 0.3 is 0 Å². The molecule has 1 aliphatic heterocycles. The summed E-state index contributed by atoms with van der Waals surface area (Å²) < 4.78 is 26.9. The fourth-order valence-corrected chi connectivity index (χ4v) is 4.12. The zero-order valence-electron chi connectivity index (χ0n) is 17.9. The van der Waals surface area contributed by atoms with Crippen LogP contribution in [0.5, 0.6) is 11.5 Å². The largest absolute Gasteiger partial charge is 0.486 e. The highest BCUT2D eigenvalue weighted by Gasteiger charge is 2.29. The lowest BCUT2D eigenvalue weighted by Gasteiger charge is -2.33. The van der Waals surface area contributed by atoms with Gasteiger partial charge in [-0.2, -0.15) is 9.61 Å². The molecule has 0 radical (unpaired) electrons. The van der Waals surface area contributed by atoms with Crippen LogP contribution in [0, 0.1) is 17.7 Å². The summed E-state index contributed by atoms with van der Waals surface area (Å²) in [6, 6.07) is 4.36. The normalized spacial score (nSPS) is 19.3. The quantitative estimate of drug-likeness (QED) is 0.536.